The summed E-state index contributed by atoms with van der Waals surface area (Å²) in [6, 6.07) is 3.68. The van der Waals surface area contributed by atoms with Gasteiger partial charge < -0.3 is 9.25 Å². The molecule has 0 radical (unpaired) electrons. The van der Waals surface area contributed by atoms with Crippen molar-refractivity contribution in [3.63, 3.8) is 0 Å². The molecule has 1 aromatic carbocycles. The third-order valence-corrected chi connectivity index (χ3v) is 3.31. The standard InChI is InChI=1S/C16H17NO3/c1-5-6-12-7-8-13-15(18)10(2)11(3)20-16(13)14(12)9-17-19-4/h5,7-9H,1,6H2,2-4H3/b17-9-. The first kappa shape index (κ1) is 14.1. The maximum Gasteiger partial charge on any atom is 0.195 e. The fourth-order valence-corrected chi connectivity index (χ4v) is 2.10. The molecule has 4 nitrogen and oxygen atoms in total. The Morgan fingerprint density at radius 2 is 2.15 bits per heavy atom. The number of hydrogen-bond donors (Lipinski definition) is 0. The van der Waals surface area contributed by atoms with E-state index in [9.17, 15) is 4.79 Å². The minimum absolute atomic E-state index is 0.0130. The molecule has 0 aliphatic carbocycles. The molecule has 0 saturated carbocycles. The molecule has 2 aromatic rings. The van der Waals surface area contributed by atoms with Crippen molar-refractivity contribution < 1.29 is 9.25 Å². The monoisotopic (exact) mass is 271 g/mol. The summed E-state index contributed by atoms with van der Waals surface area (Å²) in [6.07, 6.45) is 4.03. The highest BCUT2D eigenvalue weighted by molar-refractivity contribution is 5.98. The van der Waals surface area contributed by atoms with E-state index in [4.69, 9.17) is 9.25 Å². The van der Waals surface area contributed by atoms with E-state index in [2.05, 4.69) is 11.7 Å². The summed E-state index contributed by atoms with van der Waals surface area (Å²) >= 11 is 0. The summed E-state index contributed by atoms with van der Waals surface area (Å²) in [4.78, 5) is 17.0. The molecule has 0 aliphatic heterocycles. The molecule has 0 spiro atoms. The molecule has 1 heterocycles. The number of benzene rings is 1. The van der Waals surface area contributed by atoms with Crippen molar-refractivity contribution in [3.05, 3.63) is 57.5 Å². The lowest BCUT2D eigenvalue weighted by atomic mass is 10.0. The van der Waals surface area contributed by atoms with Crippen LogP contribution in [0.4, 0.5) is 0 Å². The van der Waals surface area contributed by atoms with Gasteiger partial charge in [-0.3, -0.25) is 4.79 Å². The summed E-state index contributed by atoms with van der Waals surface area (Å²) in [5.74, 6) is 0.616. The van der Waals surface area contributed by atoms with Gasteiger partial charge in [0.1, 0.15) is 18.5 Å². The molecule has 1 aromatic heterocycles. The average molecular weight is 271 g/mol. The molecule has 0 fully saturated rings. The molecule has 0 amide bonds. The van der Waals surface area contributed by atoms with Crippen molar-refractivity contribution in [1.29, 1.82) is 0 Å². The van der Waals surface area contributed by atoms with Gasteiger partial charge in [-0.05, 0) is 31.9 Å². The van der Waals surface area contributed by atoms with Crippen LogP contribution in [0.3, 0.4) is 0 Å². The van der Waals surface area contributed by atoms with Gasteiger partial charge in [-0.1, -0.05) is 17.3 Å². The van der Waals surface area contributed by atoms with E-state index in [0.29, 0.717) is 28.7 Å². The number of aryl methyl sites for hydroxylation is 1. The molecular weight excluding hydrogens is 254 g/mol. The zero-order chi connectivity index (χ0) is 14.7. The van der Waals surface area contributed by atoms with E-state index in [1.54, 1.807) is 32.2 Å². The molecule has 2 rings (SSSR count). The van der Waals surface area contributed by atoms with Crippen molar-refractivity contribution in [1.82, 2.24) is 0 Å². The van der Waals surface area contributed by atoms with Gasteiger partial charge >= 0.3 is 0 Å². The maximum atomic E-state index is 12.3. The Labute approximate surface area is 117 Å². The van der Waals surface area contributed by atoms with Crippen LogP contribution in [0.5, 0.6) is 0 Å². The SMILES string of the molecule is C=CCc1ccc2c(=O)c(C)c(C)oc2c1/C=N\OC. The van der Waals surface area contributed by atoms with Crippen molar-refractivity contribution in [3.8, 4) is 0 Å². The Morgan fingerprint density at radius 3 is 2.80 bits per heavy atom. The summed E-state index contributed by atoms with van der Waals surface area (Å²) in [5, 5.41) is 4.35. The summed E-state index contributed by atoms with van der Waals surface area (Å²) in [6.45, 7) is 7.29. The predicted molar refractivity (Wildman–Crippen MR) is 80.5 cm³/mol. The van der Waals surface area contributed by atoms with Crippen LogP contribution in [0.1, 0.15) is 22.5 Å². The van der Waals surface area contributed by atoms with Gasteiger partial charge in [0, 0.05) is 11.1 Å². The van der Waals surface area contributed by atoms with Gasteiger partial charge in [-0.25, -0.2) is 0 Å². The number of nitrogens with zero attached hydrogens (tertiary/aromatic N) is 1. The Balaban J connectivity index is 2.86. The Kier molecular flexibility index (Phi) is 4.03. The van der Waals surface area contributed by atoms with Crippen LogP contribution in [-0.2, 0) is 11.3 Å². The van der Waals surface area contributed by atoms with Gasteiger partial charge in [0.2, 0.25) is 0 Å². The smallest absolute Gasteiger partial charge is 0.195 e. The first-order valence-corrected chi connectivity index (χ1v) is 6.33. The van der Waals surface area contributed by atoms with E-state index in [-0.39, 0.29) is 5.43 Å². The van der Waals surface area contributed by atoms with E-state index in [1.165, 1.54) is 7.11 Å². The second-order valence-corrected chi connectivity index (χ2v) is 4.54. The second kappa shape index (κ2) is 5.74. The largest absolute Gasteiger partial charge is 0.460 e. The van der Waals surface area contributed by atoms with Gasteiger partial charge in [-0.15, -0.1) is 6.58 Å². The van der Waals surface area contributed by atoms with Crippen molar-refractivity contribution in [2.75, 3.05) is 7.11 Å². The summed E-state index contributed by atoms with van der Waals surface area (Å²) in [5.41, 5.74) is 2.90. The lowest BCUT2D eigenvalue weighted by Gasteiger charge is -2.09. The number of hydrogen-bond acceptors (Lipinski definition) is 4. The summed E-state index contributed by atoms with van der Waals surface area (Å²) < 4.78 is 5.81. The number of rotatable bonds is 4. The zero-order valence-electron chi connectivity index (χ0n) is 11.9. The molecule has 0 bridgehead atoms. The van der Waals surface area contributed by atoms with Crippen LogP contribution in [0.25, 0.3) is 11.0 Å². The molecule has 104 valence electrons. The van der Waals surface area contributed by atoms with Crippen LogP contribution in [0.15, 0.2) is 39.2 Å². The molecule has 4 heteroatoms. The topological polar surface area (TPSA) is 51.8 Å². The van der Waals surface area contributed by atoms with E-state index >= 15 is 0 Å². The van der Waals surface area contributed by atoms with Gasteiger partial charge in [0.05, 0.1) is 11.6 Å². The minimum atomic E-state index is -0.0130. The molecule has 0 atom stereocenters. The lowest BCUT2D eigenvalue weighted by Crippen LogP contribution is -2.09. The minimum Gasteiger partial charge on any atom is -0.460 e. The highest BCUT2D eigenvalue weighted by Crippen LogP contribution is 2.22. The number of fused-ring (bicyclic) bond motifs is 1. The Bertz CT molecular complexity index is 741. The fraction of sp³-hybridized carbons (Fsp3) is 0.250. The Hall–Kier alpha value is -2.36. The van der Waals surface area contributed by atoms with Gasteiger partial charge in [0.15, 0.2) is 5.43 Å². The normalized spacial score (nSPS) is 11.2. The van der Waals surface area contributed by atoms with E-state index in [0.717, 1.165) is 11.1 Å². The van der Waals surface area contributed by atoms with Crippen LogP contribution in [0, 0.1) is 13.8 Å². The fourth-order valence-electron chi connectivity index (χ4n) is 2.10. The number of oxime groups is 1. The molecule has 0 aliphatic rings. The zero-order valence-corrected chi connectivity index (χ0v) is 11.9. The third-order valence-electron chi connectivity index (χ3n) is 3.31. The Morgan fingerprint density at radius 1 is 1.40 bits per heavy atom. The first-order chi connectivity index (χ1) is 9.60. The molecule has 0 unspecified atom stereocenters. The quantitative estimate of drug-likeness (QED) is 0.487. The van der Waals surface area contributed by atoms with Crippen LogP contribution in [0.2, 0.25) is 0 Å². The maximum absolute atomic E-state index is 12.3. The summed E-state index contributed by atoms with van der Waals surface area (Å²) in [7, 11) is 1.47. The van der Waals surface area contributed by atoms with Crippen LogP contribution in [-0.4, -0.2) is 13.3 Å². The molecule has 0 N–H and O–H groups in total. The van der Waals surface area contributed by atoms with Crippen molar-refractivity contribution in [2.24, 2.45) is 5.16 Å². The van der Waals surface area contributed by atoms with Crippen LogP contribution < -0.4 is 5.43 Å². The molecule has 0 saturated heterocycles. The van der Waals surface area contributed by atoms with Crippen molar-refractivity contribution in [2.45, 2.75) is 20.3 Å². The second-order valence-electron chi connectivity index (χ2n) is 4.54. The van der Waals surface area contributed by atoms with Gasteiger partial charge in [-0.2, -0.15) is 0 Å². The number of allylic oxidation sites excluding steroid dienone is 1. The lowest BCUT2D eigenvalue weighted by molar-refractivity contribution is 0.215. The van der Waals surface area contributed by atoms with Crippen LogP contribution >= 0.6 is 0 Å². The molecule has 20 heavy (non-hydrogen) atoms. The average Bonchev–Trinajstić information content (AvgIpc) is 2.44. The van der Waals surface area contributed by atoms with E-state index in [1.807, 2.05) is 6.07 Å². The first-order valence-electron chi connectivity index (χ1n) is 6.33. The third kappa shape index (κ3) is 2.37. The highest BCUT2D eigenvalue weighted by atomic mass is 16.6. The van der Waals surface area contributed by atoms with Crippen molar-refractivity contribution >= 4 is 17.2 Å². The predicted octanol–water partition coefficient (Wildman–Crippen LogP) is 3.12. The molecular formula is C16H17NO3. The highest BCUT2D eigenvalue weighted by Gasteiger charge is 2.13. The van der Waals surface area contributed by atoms with Gasteiger partial charge in [0.25, 0.3) is 0 Å². The van der Waals surface area contributed by atoms with E-state index < -0.39 is 0 Å².